The highest BCUT2D eigenvalue weighted by Crippen LogP contribution is 2.43. The Bertz CT molecular complexity index is 244. The highest BCUT2D eigenvalue weighted by Gasteiger charge is 2.51. The monoisotopic (exact) mass is 308 g/mol. The van der Waals surface area contributed by atoms with Crippen molar-refractivity contribution in [1.82, 2.24) is 0 Å². The Morgan fingerprint density at radius 2 is 2.08 bits per heavy atom. The molecule has 0 spiro atoms. The minimum Gasteiger partial charge on any atom is -0.169 e. The molecular weight excluding hydrogens is 303 g/mol. The molecule has 0 saturated heterocycles. The third kappa shape index (κ3) is 1.96. The van der Waals surface area contributed by atoms with Gasteiger partial charge in [0.15, 0.2) is 4.87 Å². The van der Waals surface area contributed by atoms with Crippen LogP contribution >= 0.6 is 34.2 Å². The first-order valence-corrected chi connectivity index (χ1v) is 4.61. The predicted molar refractivity (Wildman–Crippen MR) is 50.5 cm³/mol. The lowest BCUT2D eigenvalue weighted by Crippen LogP contribution is -2.38. The standard InChI is InChI=1S/C7H5ClF3I/c8-6(7(9,10)11)3-1-2-5(12)4-6/h1-2,4H,3H2. The smallest absolute Gasteiger partial charge is 0.169 e. The third-order valence-electron chi connectivity index (χ3n) is 1.53. The summed E-state index contributed by atoms with van der Waals surface area (Å²) in [5, 5.41) is 0. The van der Waals surface area contributed by atoms with Crippen LogP contribution in [0.2, 0.25) is 0 Å². The van der Waals surface area contributed by atoms with Crippen molar-refractivity contribution in [2.45, 2.75) is 17.5 Å². The Hall–Kier alpha value is 0.290. The van der Waals surface area contributed by atoms with E-state index in [1.807, 2.05) is 22.6 Å². The van der Waals surface area contributed by atoms with E-state index in [0.717, 1.165) is 6.08 Å². The molecule has 12 heavy (non-hydrogen) atoms. The maximum atomic E-state index is 12.3. The number of hydrogen-bond donors (Lipinski definition) is 0. The molecule has 0 bridgehead atoms. The van der Waals surface area contributed by atoms with Crippen LogP contribution < -0.4 is 0 Å². The van der Waals surface area contributed by atoms with E-state index in [4.69, 9.17) is 11.6 Å². The van der Waals surface area contributed by atoms with Crippen LogP contribution in [0, 0.1) is 0 Å². The molecule has 1 atom stereocenters. The van der Waals surface area contributed by atoms with Crippen molar-refractivity contribution < 1.29 is 13.2 Å². The first kappa shape index (κ1) is 10.4. The first-order valence-electron chi connectivity index (χ1n) is 3.16. The van der Waals surface area contributed by atoms with E-state index in [1.54, 1.807) is 6.08 Å². The maximum absolute atomic E-state index is 12.3. The summed E-state index contributed by atoms with van der Waals surface area (Å²) < 4.78 is 37.4. The Balaban J connectivity index is 2.95. The van der Waals surface area contributed by atoms with E-state index in [0.29, 0.717) is 3.58 Å². The zero-order valence-corrected chi connectivity index (χ0v) is 8.74. The van der Waals surface area contributed by atoms with Crippen LogP contribution in [0.3, 0.4) is 0 Å². The van der Waals surface area contributed by atoms with Crippen molar-refractivity contribution in [2.24, 2.45) is 0 Å². The zero-order valence-electron chi connectivity index (χ0n) is 5.83. The molecular formula is C7H5ClF3I. The van der Waals surface area contributed by atoms with E-state index in [1.165, 1.54) is 6.08 Å². The van der Waals surface area contributed by atoms with Crippen molar-refractivity contribution in [1.29, 1.82) is 0 Å². The van der Waals surface area contributed by atoms with E-state index < -0.39 is 11.1 Å². The predicted octanol–water partition coefficient (Wildman–Crippen LogP) is 3.81. The quantitative estimate of drug-likeness (QED) is 0.471. The molecule has 0 aromatic heterocycles. The van der Waals surface area contributed by atoms with Gasteiger partial charge in [0.05, 0.1) is 0 Å². The van der Waals surface area contributed by atoms with Crippen LogP contribution in [0.5, 0.6) is 0 Å². The van der Waals surface area contributed by atoms with Crippen LogP contribution in [0.15, 0.2) is 21.8 Å². The minimum absolute atomic E-state index is 0.190. The summed E-state index contributed by atoms with van der Waals surface area (Å²) in [6.07, 6.45) is -0.482. The first-order chi connectivity index (χ1) is 5.35. The van der Waals surface area contributed by atoms with Crippen molar-refractivity contribution in [3.05, 3.63) is 21.8 Å². The van der Waals surface area contributed by atoms with Gasteiger partial charge in [-0.1, -0.05) is 12.2 Å². The van der Waals surface area contributed by atoms with Crippen LogP contribution in [0.1, 0.15) is 6.42 Å². The molecule has 1 aliphatic rings. The molecule has 0 aromatic rings. The van der Waals surface area contributed by atoms with Gasteiger partial charge in [0.1, 0.15) is 0 Å². The van der Waals surface area contributed by atoms with Crippen LogP contribution in [0.4, 0.5) is 13.2 Å². The maximum Gasteiger partial charge on any atom is 0.411 e. The highest BCUT2D eigenvalue weighted by atomic mass is 127. The van der Waals surface area contributed by atoms with E-state index in [-0.39, 0.29) is 6.42 Å². The molecule has 0 saturated carbocycles. The van der Waals surface area contributed by atoms with E-state index in [9.17, 15) is 13.2 Å². The minimum atomic E-state index is -4.38. The van der Waals surface area contributed by atoms with Crippen LogP contribution in [-0.2, 0) is 0 Å². The molecule has 0 N–H and O–H groups in total. The van der Waals surface area contributed by atoms with Gasteiger partial charge >= 0.3 is 6.18 Å². The summed E-state index contributed by atoms with van der Waals surface area (Å²) >= 11 is 7.20. The summed E-state index contributed by atoms with van der Waals surface area (Å²) in [5.74, 6) is 0. The summed E-state index contributed by atoms with van der Waals surface area (Å²) in [7, 11) is 0. The number of rotatable bonds is 0. The second-order valence-corrected chi connectivity index (χ2v) is 4.42. The summed E-state index contributed by atoms with van der Waals surface area (Å²) in [5.41, 5.74) is 0. The van der Waals surface area contributed by atoms with Crippen molar-refractivity contribution in [3.63, 3.8) is 0 Å². The average molecular weight is 308 g/mol. The Kier molecular flexibility index (Phi) is 2.78. The Labute approximate surface area is 86.6 Å². The second kappa shape index (κ2) is 3.21. The van der Waals surface area contributed by atoms with Gasteiger partial charge in [0, 0.05) is 3.58 Å². The zero-order chi connectivity index (χ0) is 9.41. The molecule has 0 fully saturated rings. The third-order valence-corrected chi connectivity index (χ3v) is 2.68. The fourth-order valence-corrected chi connectivity index (χ4v) is 2.04. The lowest BCUT2D eigenvalue weighted by molar-refractivity contribution is -0.149. The van der Waals surface area contributed by atoms with Gasteiger partial charge in [-0.25, -0.2) is 0 Å². The number of alkyl halides is 4. The highest BCUT2D eigenvalue weighted by molar-refractivity contribution is 14.1. The van der Waals surface area contributed by atoms with Gasteiger partial charge in [-0.05, 0) is 35.1 Å². The fourth-order valence-electron chi connectivity index (χ4n) is 0.866. The van der Waals surface area contributed by atoms with Gasteiger partial charge < -0.3 is 0 Å². The Morgan fingerprint density at radius 1 is 1.50 bits per heavy atom. The summed E-state index contributed by atoms with van der Waals surface area (Å²) in [6.45, 7) is 0. The number of allylic oxidation sites excluding steroid dienone is 4. The number of hydrogen-bond acceptors (Lipinski definition) is 0. The molecule has 0 radical (unpaired) electrons. The SMILES string of the molecule is FC(F)(F)C1(Cl)C=C(I)C=CC1. The summed E-state index contributed by atoms with van der Waals surface area (Å²) in [4.78, 5) is -2.20. The van der Waals surface area contributed by atoms with Gasteiger partial charge in [0.2, 0.25) is 0 Å². The molecule has 0 amide bonds. The Morgan fingerprint density at radius 3 is 2.42 bits per heavy atom. The van der Waals surface area contributed by atoms with E-state index >= 15 is 0 Å². The van der Waals surface area contributed by atoms with Crippen LogP contribution in [0.25, 0.3) is 0 Å². The van der Waals surface area contributed by atoms with Gasteiger partial charge in [-0.15, -0.1) is 11.6 Å². The molecule has 1 rings (SSSR count). The molecule has 0 aliphatic heterocycles. The molecule has 1 unspecified atom stereocenters. The molecule has 0 aromatic carbocycles. The number of halogens is 5. The van der Waals surface area contributed by atoms with Gasteiger partial charge in [-0.2, -0.15) is 13.2 Å². The molecule has 0 heterocycles. The van der Waals surface area contributed by atoms with Gasteiger partial charge in [0.25, 0.3) is 0 Å². The second-order valence-electron chi connectivity index (χ2n) is 2.50. The van der Waals surface area contributed by atoms with Crippen molar-refractivity contribution >= 4 is 34.2 Å². The summed E-state index contributed by atoms with van der Waals surface area (Å²) in [6, 6.07) is 0. The molecule has 0 nitrogen and oxygen atoms in total. The molecule has 5 heteroatoms. The molecule has 1 aliphatic carbocycles. The lowest BCUT2D eigenvalue weighted by Gasteiger charge is -2.27. The topological polar surface area (TPSA) is 0 Å². The fraction of sp³-hybridized carbons (Fsp3) is 0.429. The van der Waals surface area contributed by atoms with Crippen molar-refractivity contribution in [2.75, 3.05) is 0 Å². The lowest BCUT2D eigenvalue weighted by atomic mass is 9.99. The van der Waals surface area contributed by atoms with Gasteiger partial charge in [-0.3, -0.25) is 0 Å². The van der Waals surface area contributed by atoms with Crippen molar-refractivity contribution in [3.8, 4) is 0 Å². The normalized spacial score (nSPS) is 30.2. The van der Waals surface area contributed by atoms with E-state index in [2.05, 4.69) is 0 Å². The molecule has 68 valence electrons. The largest absolute Gasteiger partial charge is 0.411 e. The van der Waals surface area contributed by atoms with Crippen LogP contribution in [-0.4, -0.2) is 11.1 Å². The average Bonchev–Trinajstić information content (AvgIpc) is 1.83.